The van der Waals surface area contributed by atoms with Crippen molar-refractivity contribution in [2.24, 2.45) is 7.05 Å². The molecule has 1 aliphatic heterocycles. The van der Waals surface area contributed by atoms with E-state index in [0.717, 1.165) is 51.1 Å². The number of hydrogen-bond donors (Lipinski definition) is 0. The number of nitrogens with zero attached hydrogens (tertiary/aromatic N) is 4. The molecule has 1 aromatic heterocycles. The lowest BCUT2D eigenvalue weighted by Crippen LogP contribution is -2.34. The first-order valence-corrected chi connectivity index (χ1v) is 9.47. The Morgan fingerprint density at radius 3 is 2.52 bits per heavy atom. The van der Waals surface area contributed by atoms with Gasteiger partial charge in [-0.25, -0.2) is 9.48 Å². The zero-order chi connectivity index (χ0) is 17.6. The molecular formula is C20H28N4O. The second-order valence-corrected chi connectivity index (χ2v) is 7.85. The largest absolute Gasteiger partial charge is 0.345 e. The second kappa shape index (κ2) is 6.45. The van der Waals surface area contributed by atoms with E-state index in [9.17, 15) is 4.79 Å². The monoisotopic (exact) mass is 340 g/mol. The van der Waals surface area contributed by atoms with Gasteiger partial charge in [-0.1, -0.05) is 23.8 Å². The van der Waals surface area contributed by atoms with Crippen LogP contribution in [0.4, 0.5) is 0 Å². The van der Waals surface area contributed by atoms with Crippen LogP contribution in [-0.2, 0) is 13.6 Å². The summed E-state index contributed by atoms with van der Waals surface area (Å²) in [5.41, 5.74) is 4.21. The fourth-order valence-corrected chi connectivity index (χ4v) is 4.01. The lowest BCUT2D eigenvalue weighted by Gasteiger charge is -2.32. The number of benzene rings is 1. The van der Waals surface area contributed by atoms with E-state index in [4.69, 9.17) is 0 Å². The van der Waals surface area contributed by atoms with Gasteiger partial charge in [-0.2, -0.15) is 5.10 Å². The predicted molar refractivity (Wildman–Crippen MR) is 98.9 cm³/mol. The Bertz CT molecular complexity index is 823. The quantitative estimate of drug-likeness (QED) is 0.859. The van der Waals surface area contributed by atoms with Crippen LogP contribution in [-0.4, -0.2) is 32.3 Å². The molecule has 25 heavy (non-hydrogen) atoms. The van der Waals surface area contributed by atoms with E-state index in [0.29, 0.717) is 12.0 Å². The topological polar surface area (TPSA) is 43.1 Å². The van der Waals surface area contributed by atoms with Crippen molar-refractivity contribution < 1.29 is 0 Å². The summed E-state index contributed by atoms with van der Waals surface area (Å²) < 4.78 is 3.50. The Morgan fingerprint density at radius 1 is 1.12 bits per heavy atom. The van der Waals surface area contributed by atoms with Crippen molar-refractivity contribution in [3.05, 3.63) is 51.2 Å². The lowest BCUT2D eigenvalue weighted by molar-refractivity contribution is 0.199. The van der Waals surface area contributed by atoms with Crippen LogP contribution in [0.25, 0.3) is 0 Å². The predicted octanol–water partition coefficient (Wildman–Crippen LogP) is 2.91. The van der Waals surface area contributed by atoms with Gasteiger partial charge >= 0.3 is 5.69 Å². The van der Waals surface area contributed by atoms with E-state index in [1.807, 2.05) is 4.57 Å². The molecule has 2 aliphatic rings. The molecule has 134 valence electrons. The van der Waals surface area contributed by atoms with E-state index in [1.54, 1.807) is 7.05 Å². The first-order chi connectivity index (χ1) is 12.0. The number of rotatable bonds is 4. The number of hydrogen-bond acceptors (Lipinski definition) is 3. The third-order valence-corrected chi connectivity index (χ3v) is 5.75. The summed E-state index contributed by atoms with van der Waals surface area (Å²) in [6, 6.07) is 7.12. The van der Waals surface area contributed by atoms with Crippen molar-refractivity contribution in [2.75, 3.05) is 13.1 Å². The van der Waals surface area contributed by atoms with Gasteiger partial charge in [0.25, 0.3) is 0 Å². The van der Waals surface area contributed by atoms with Crippen molar-refractivity contribution in [1.82, 2.24) is 19.2 Å². The summed E-state index contributed by atoms with van der Waals surface area (Å²) in [5, 5.41) is 4.58. The van der Waals surface area contributed by atoms with Crippen LogP contribution >= 0.6 is 0 Å². The van der Waals surface area contributed by atoms with Gasteiger partial charge in [0.1, 0.15) is 5.82 Å². The zero-order valence-corrected chi connectivity index (χ0v) is 15.5. The highest BCUT2D eigenvalue weighted by atomic mass is 16.2. The maximum atomic E-state index is 12.3. The summed E-state index contributed by atoms with van der Waals surface area (Å²) in [4.78, 5) is 14.9. The SMILES string of the molecule is Cc1ccc(C)c(CN2CCC(c3nn(C)c(=O)n3C3CC3)CC2)c1. The number of aryl methyl sites for hydroxylation is 3. The standard InChI is InChI=1S/C20H28N4O/c1-14-4-5-15(2)17(12-14)13-23-10-8-16(9-11-23)19-21-22(3)20(25)24(19)18-6-7-18/h4-5,12,16,18H,6-11,13H2,1-3H3. The van der Waals surface area contributed by atoms with Gasteiger partial charge in [0.05, 0.1) is 0 Å². The van der Waals surface area contributed by atoms with E-state index in [2.05, 4.69) is 42.0 Å². The van der Waals surface area contributed by atoms with Crippen molar-refractivity contribution in [2.45, 2.75) is 58.0 Å². The Morgan fingerprint density at radius 2 is 1.84 bits per heavy atom. The highest BCUT2D eigenvalue weighted by molar-refractivity contribution is 5.30. The second-order valence-electron chi connectivity index (χ2n) is 7.85. The average molecular weight is 340 g/mol. The third-order valence-electron chi connectivity index (χ3n) is 5.75. The van der Waals surface area contributed by atoms with Crippen LogP contribution in [0.1, 0.15) is 60.2 Å². The van der Waals surface area contributed by atoms with Crippen LogP contribution < -0.4 is 5.69 Å². The van der Waals surface area contributed by atoms with Crippen molar-refractivity contribution in [3.63, 3.8) is 0 Å². The van der Waals surface area contributed by atoms with Gasteiger partial charge in [-0.05, 0) is 63.7 Å². The molecule has 0 radical (unpaired) electrons. The molecule has 4 rings (SSSR count). The Hall–Kier alpha value is -1.88. The minimum Gasteiger partial charge on any atom is -0.299 e. The van der Waals surface area contributed by atoms with Crippen LogP contribution in [0.5, 0.6) is 0 Å². The Balaban J connectivity index is 1.44. The molecule has 0 N–H and O–H groups in total. The molecule has 5 heteroatoms. The summed E-state index contributed by atoms with van der Waals surface area (Å²) in [5.74, 6) is 1.45. The fourth-order valence-electron chi connectivity index (χ4n) is 4.01. The van der Waals surface area contributed by atoms with Crippen molar-refractivity contribution >= 4 is 0 Å². The smallest absolute Gasteiger partial charge is 0.299 e. The molecule has 2 heterocycles. The molecule has 0 atom stereocenters. The highest BCUT2D eigenvalue weighted by Gasteiger charge is 2.33. The maximum absolute atomic E-state index is 12.3. The van der Waals surface area contributed by atoms with Crippen LogP contribution in [0, 0.1) is 13.8 Å². The van der Waals surface area contributed by atoms with E-state index in [1.165, 1.54) is 21.4 Å². The summed E-state index contributed by atoms with van der Waals surface area (Å²) in [7, 11) is 1.78. The number of aromatic nitrogens is 3. The highest BCUT2D eigenvalue weighted by Crippen LogP contribution is 2.37. The maximum Gasteiger partial charge on any atom is 0.345 e. The van der Waals surface area contributed by atoms with Crippen molar-refractivity contribution in [3.8, 4) is 0 Å². The van der Waals surface area contributed by atoms with Gasteiger partial charge in [-0.3, -0.25) is 9.47 Å². The van der Waals surface area contributed by atoms with E-state index >= 15 is 0 Å². The average Bonchev–Trinajstić information content (AvgIpc) is 3.38. The molecule has 0 amide bonds. The van der Waals surface area contributed by atoms with Gasteiger partial charge < -0.3 is 0 Å². The summed E-state index contributed by atoms with van der Waals surface area (Å²) in [6.45, 7) is 7.54. The van der Waals surface area contributed by atoms with Crippen molar-refractivity contribution in [1.29, 1.82) is 0 Å². The Labute approximate surface area is 149 Å². The Kier molecular flexibility index (Phi) is 4.28. The molecule has 5 nitrogen and oxygen atoms in total. The number of piperidine rings is 1. The number of likely N-dealkylation sites (tertiary alicyclic amines) is 1. The molecule has 0 bridgehead atoms. The fraction of sp³-hybridized carbons (Fsp3) is 0.600. The first kappa shape index (κ1) is 16.6. The summed E-state index contributed by atoms with van der Waals surface area (Å²) >= 11 is 0. The third kappa shape index (κ3) is 3.30. The minimum absolute atomic E-state index is 0.0651. The van der Waals surface area contributed by atoms with Crippen LogP contribution in [0.15, 0.2) is 23.0 Å². The zero-order valence-electron chi connectivity index (χ0n) is 15.5. The molecule has 1 saturated heterocycles. The van der Waals surface area contributed by atoms with E-state index in [-0.39, 0.29) is 5.69 Å². The molecule has 0 spiro atoms. The summed E-state index contributed by atoms with van der Waals surface area (Å²) in [6.07, 6.45) is 4.44. The van der Waals surface area contributed by atoms with Gasteiger partial charge in [0.15, 0.2) is 0 Å². The molecule has 2 aromatic rings. The molecular weight excluding hydrogens is 312 g/mol. The molecule has 2 fully saturated rings. The molecule has 1 aromatic carbocycles. The molecule has 1 saturated carbocycles. The van der Waals surface area contributed by atoms with Gasteiger partial charge in [-0.15, -0.1) is 0 Å². The van der Waals surface area contributed by atoms with Gasteiger partial charge in [0, 0.05) is 25.6 Å². The lowest BCUT2D eigenvalue weighted by atomic mass is 9.95. The van der Waals surface area contributed by atoms with Gasteiger partial charge in [0.2, 0.25) is 0 Å². The minimum atomic E-state index is 0.0651. The molecule has 0 unspecified atom stereocenters. The normalized spacial score (nSPS) is 19.5. The van der Waals surface area contributed by atoms with E-state index < -0.39 is 0 Å². The first-order valence-electron chi connectivity index (χ1n) is 9.47. The molecule has 1 aliphatic carbocycles. The van der Waals surface area contributed by atoms with Crippen LogP contribution in [0.3, 0.4) is 0 Å². The van der Waals surface area contributed by atoms with Crippen LogP contribution in [0.2, 0.25) is 0 Å².